The molecule has 2 unspecified atom stereocenters. The lowest BCUT2D eigenvalue weighted by Crippen LogP contribution is -2.39. The summed E-state index contributed by atoms with van der Waals surface area (Å²) in [6.45, 7) is 5.75. The van der Waals surface area contributed by atoms with Crippen molar-refractivity contribution in [1.82, 2.24) is 4.31 Å². The maximum atomic E-state index is 12.8. The monoisotopic (exact) mass is 316 g/mol. The quantitative estimate of drug-likeness (QED) is 0.871. The Kier molecular flexibility index (Phi) is 4.33. The normalized spacial score (nSPS) is 24.2. The molecule has 1 aliphatic rings. The van der Waals surface area contributed by atoms with E-state index >= 15 is 0 Å². The summed E-state index contributed by atoms with van der Waals surface area (Å²) < 4.78 is 27.3. The van der Waals surface area contributed by atoms with Crippen molar-refractivity contribution >= 4 is 27.3 Å². The molecule has 1 heterocycles. The molecular weight excluding hydrogens is 296 g/mol. The average molecular weight is 317 g/mol. The lowest BCUT2D eigenvalue weighted by atomic mass is 10.2. The van der Waals surface area contributed by atoms with Crippen LogP contribution in [0.15, 0.2) is 17.0 Å². The number of hydrogen-bond donors (Lipinski definition) is 1. The first-order valence-corrected chi connectivity index (χ1v) is 8.70. The van der Waals surface area contributed by atoms with Gasteiger partial charge in [0.25, 0.3) is 0 Å². The van der Waals surface area contributed by atoms with Gasteiger partial charge in [0.1, 0.15) is 0 Å². The Hall–Kier alpha value is -0.780. The smallest absolute Gasteiger partial charge is 0.243 e. The van der Waals surface area contributed by atoms with Gasteiger partial charge in [-0.05, 0) is 50.8 Å². The predicted molar refractivity (Wildman–Crippen MR) is 82.4 cm³/mol. The second-order valence-electron chi connectivity index (χ2n) is 5.44. The molecule has 0 aliphatic carbocycles. The molecule has 0 bridgehead atoms. The zero-order valence-electron chi connectivity index (χ0n) is 12.1. The molecule has 0 aromatic heterocycles. The van der Waals surface area contributed by atoms with Crippen LogP contribution in [-0.4, -0.2) is 24.8 Å². The number of nitrogens with zero attached hydrogens (tertiary/aromatic N) is 1. The summed E-state index contributed by atoms with van der Waals surface area (Å²) >= 11 is 6.08. The minimum Gasteiger partial charge on any atom is -0.398 e. The van der Waals surface area contributed by atoms with Crippen LogP contribution in [0.25, 0.3) is 0 Å². The first-order valence-electron chi connectivity index (χ1n) is 6.88. The summed E-state index contributed by atoms with van der Waals surface area (Å²) in [5.74, 6) is 0. The molecule has 2 rings (SSSR count). The third-order valence-electron chi connectivity index (χ3n) is 4.12. The van der Waals surface area contributed by atoms with Crippen LogP contribution in [0.1, 0.15) is 38.7 Å². The van der Waals surface area contributed by atoms with E-state index in [1.807, 2.05) is 13.8 Å². The van der Waals surface area contributed by atoms with E-state index < -0.39 is 10.0 Å². The topological polar surface area (TPSA) is 63.4 Å². The molecule has 1 saturated heterocycles. The van der Waals surface area contributed by atoms with Crippen LogP contribution in [-0.2, 0) is 10.0 Å². The number of rotatable bonds is 3. The maximum absolute atomic E-state index is 12.8. The van der Waals surface area contributed by atoms with E-state index in [1.165, 1.54) is 12.1 Å². The molecular formula is C14H21ClN2O2S. The first kappa shape index (κ1) is 15.6. The second-order valence-corrected chi connectivity index (χ2v) is 7.69. The van der Waals surface area contributed by atoms with Gasteiger partial charge in [-0.3, -0.25) is 0 Å². The Bertz CT molecular complexity index is 593. The van der Waals surface area contributed by atoms with Crippen molar-refractivity contribution in [3.05, 3.63) is 22.7 Å². The number of anilines is 1. The molecule has 6 heteroatoms. The van der Waals surface area contributed by atoms with E-state index in [1.54, 1.807) is 11.2 Å². The van der Waals surface area contributed by atoms with Gasteiger partial charge in [0.15, 0.2) is 0 Å². The number of benzene rings is 1. The largest absolute Gasteiger partial charge is 0.398 e. The van der Waals surface area contributed by atoms with Gasteiger partial charge in [-0.2, -0.15) is 4.31 Å². The van der Waals surface area contributed by atoms with E-state index in [9.17, 15) is 8.42 Å². The Morgan fingerprint density at radius 1 is 1.40 bits per heavy atom. The van der Waals surface area contributed by atoms with Crippen molar-refractivity contribution in [1.29, 1.82) is 0 Å². The van der Waals surface area contributed by atoms with E-state index in [4.69, 9.17) is 17.3 Å². The molecule has 2 N–H and O–H groups in total. The molecule has 1 aromatic rings. The SMILES string of the molecule is CCC1CCC(C)N1S(=O)(=O)c1cc(N)c(C)c(Cl)c1. The standard InChI is InChI=1S/C14H21ClN2O2S/c1-4-11-6-5-9(2)17(11)20(18,19)12-7-13(15)10(3)14(16)8-12/h7-9,11H,4-6,16H2,1-3H3. The van der Waals surface area contributed by atoms with Crippen LogP contribution in [0.2, 0.25) is 5.02 Å². The maximum Gasteiger partial charge on any atom is 0.243 e. The fourth-order valence-electron chi connectivity index (χ4n) is 2.81. The van der Waals surface area contributed by atoms with Crippen molar-refractivity contribution in [3.8, 4) is 0 Å². The Morgan fingerprint density at radius 3 is 2.60 bits per heavy atom. The molecule has 0 amide bonds. The molecule has 1 fully saturated rings. The molecule has 112 valence electrons. The molecule has 0 saturated carbocycles. The molecule has 20 heavy (non-hydrogen) atoms. The third-order valence-corrected chi connectivity index (χ3v) is 6.55. The Labute approximate surface area is 126 Å². The highest BCUT2D eigenvalue weighted by atomic mass is 35.5. The van der Waals surface area contributed by atoms with Crippen molar-refractivity contribution in [2.75, 3.05) is 5.73 Å². The summed E-state index contributed by atoms with van der Waals surface area (Å²) in [4.78, 5) is 0.192. The Balaban J connectivity index is 2.50. The minimum absolute atomic E-state index is 0.0197. The van der Waals surface area contributed by atoms with E-state index in [-0.39, 0.29) is 17.0 Å². The van der Waals surface area contributed by atoms with E-state index in [0.717, 1.165) is 19.3 Å². The zero-order valence-corrected chi connectivity index (χ0v) is 13.6. The highest BCUT2D eigenvalue weighted by Gasteiger charge is 2.39. The first-order chi connectivity index (χ1) is 9.28. The molecule has 0 radical (unpaired) electrons. The van der Waals surface area contributed by atoms with Gasteiger partial charge in [-0.1, -0.05) is 18.5 Å². The van der Waals surface area contributed by atoms with Crippen molar-refractivity contribution in [2.45, 2.75) is 57.0 Å². The lowest BCUT2D eigenvalue weighted by Gasteiger charge is -2.27. The highest BCUT2D eigenvalue weighted by Crippen LogP contribution is 2.34. The van der Waals surface area contributed by atoms with Gasteiger partial charge >= 0.3 is 0 Å². The lowest BCUT2D eigenvalue weighted by molar-refractivity contribution is 0.328. The minimum atomic E-state index is -3.54. The molecule has 4 nitrogen and oxygen atoms in total. The van der Waals surface area contributed by atoms with Crippen molar-refractivity contribution in [2.24, 2.45) is 0 Å². The zero-order chi connectivity index (χ0) is 15.1. The van der Waals surface area contributed by atoms with Gasteiger partial charge in [-0.25, -0.2) is 8.42 Å². The number of nitrogen functional groups attached to an aromatic ring is 1. The summed E-state index contributed by atoms with van der Waals surface area (Å²) in [6, 6.07) is 3.09. The molecule has 0 spiro atoms. The van der Waals surface area contributed by atoms with E-state index in [0.29, 0.717) is 16.3 Å². The Morgan fingerprint density at radius 2 is 2.05 bits per heavy atom. The molecule has 2 atom stereocenters. The van der Waals surface area contributed by atoms with Gasteiger partial charge in [0, 0.05) is 22.8 Å². The number of nitrogens with two attached hydrogens (primary N) is 1. The third kappa shape index (κ3) is 2.54. The molecule has 1 aromatic carbocycles. The van der Waals surface area contributed by atoms with Crippen molar-refractivity contribution < 1.29 is 8.42 Å². The van der Waals surface area contributed by atoms with Crippen LogP contribution < -0.4 is 5.73 Å². The average Bonchev–Trinajstić information content (AvgIpc) is 2.77. The van der Waals surface area contributed by atoms with Gasteiger partial charge in [0.2, 0.25) is 10.0 Å². The summed E-state index contributed by atoms with van der Waals surface area (Å²) in [5, 5.41) is 0.392. The summed E-state index contributed by atoms with van der Waals surface area (Å²) in [7, 11) is -3.54. The summed E-state index contributed by atoms with van der Waals surface area (Å²) in [5.41, 5.74) is 6.98. The fraction of sp³-hybridized carbons (Fsp3) is 0.571. The number of sulfonamides is 1. The fourth-order valence-corrected chi connectivity index (χ4v) is 5.11. The van der Waals surface area contributed by atoms with Gasteiger partial charge in [-0.15, -0.1) is 0 Å². The second kappa shape index (κ2) is 5.54. The number of halogens is 1. The predicted octanol–water partition coefficient (Wildman–Crippen LogP) is 3.18. The number of hydrogen-bond acceptors (Lipinski definition) is 3. The van der Waals surface area contributed by atoms with Crippen LogP contribution in [0.4, 0.5) is 5.69 Å². The van der Waals surface area contributed by atoms with Gasteiger partial charge in [0.05, 0.1) is 4.90 Å². The summed E-state index contributed by atoms with van der Waals surface area (Å²) in [6.07, 6.45) is 2.62. The van der Waals surface area contributed by atoms with Crippen LogP contribution in [0, 0.1) is 6.92 Å². The van der Waals surface area contributed by atoms with Crippen LogP contribution in [0.5, 0.6) is 0 Å². The highest BCUT2D eigenvalue weighted by molar-refractivity contribution is 7.89. The van der Waals surface area contributed by atoms with Gasteiger partial charge < -0.3 is 5.73 Å². The van der Waals surface area contributed by atoms with Crippen LogP contribution in [0.3, 0.4) is 0 Å². The van der Waals surface area contributed by atoms with Crippen LogP contribution >= 0.6 is 11.6 Å². The molecule has 1 aliphatic heterocycles. The van der Waals surface area contributed by atoms with Crippen molar-refractivity contribution in [3.63, 3.8) is 0 Å². The van der Waals surface area contributed by atoms with E-state index in [2.05, 4.69) is 0 Å².